The van der Waals surface area contributed by atoms with Crippen molar-refractivity contribution in [2.45, 2.75) is 19.4 Å². The predicted molar refractivity (Wildman–Crippen MR) is 146 cm³/mol. The molecule has 1 aliphatic heterocycles. The van der Waals surface area contributed by atoms with Gasteiger partial charge >= 0.3 is 0 Å². The number of hydrogen-bond donors (Lipinski definition) is 3. The van der Waals surface area contributed by atoms with Gasteiger partial charge in [0, 0.05) is 42.3 Å². The zero-order valence-electron chi connectivity index (χ0n) is 20.9. The largest absolute Gasteiger partial charge is 0.326 e. The Hall–Kier alpha value is -4.89. The first-order chi connectivity index (χ1) is 18.3. The lowest BCUT2D eigenvalue weighted by Crippen LogP contribution is -2.16. The van der Waals surface area contributed by atoms with Crippen molar-refractivity contribution in [1.82, 2.24) is 9.78 Å². The molecule has 0 aliphatic carbocycles. The smallest absolute Gasteiger partial charge is 0.273 e. The molecular formula is C29H26N6O3. The molecule has 1 aromatic heterocycles. The fourth-order valence-electron chi connectivity index (χ4n) is 4.38. The minimum absolute atomic E-state index is 0.206. The number of carbonyl (C=O) groups is 3. The summed E-state index contributed by atoms with van der Waals surface area (Å²) in [7, 11) is 1.70. The van der Waals surface area contributed by atoms with Crippen LogP contribution in [0.25, 0.3) is 0 Å². The SMILES string of the molecule is Cc1cc(C(=O)Nc2cccc(C(=O)c3ccc4c(c3)NC(=O)C4C=Nc3ccc(CN)cc3)c2)n(C)n1. The fourth-order valence-corrected chi connectivity index (χ4v) is 4.38. The van der Waals surface area contributed by atoms with Crippen LogP contribution in [0, 0.1) is 6.92 Å². The molecule has 3 aromatic carbocycles. The van der Waals surface area contributed by atoms with Crippen molar-refractivity contribution in [1.29, 1.82) is 0 Å². The molecule has 38 heavy (non-hydrogen) atoms. The van der Waals surface area contributed by atoms with Gasteiger partial charge in [-0.3, -0.25) is 24.1 Å². The van der Waals surface area contributed by atoms with Crippen LogP contribution in [-0.4, -0.2) is 33.6 Å². The van der Waals surface area contributed by atoms with Crippen LogP contribution in [0.15, 0.2) is 77.8 Å². The third-order valence-corrected chi connectivity index (χ3v) is 6.35. The van der Waals surface area contributed by atoms with Gasteiger partial charge in [0.15, 0.2) is 5.78 Å². The second kappa shape index (κ2) is 10.2. The molecule has 4 N–H and O–H groups in total. The van der Waals surface area contributed by atoms with Crippen molar-refractivity contribution in [3.8, 4) is 0 Å². The van der Waals surface area contributed by atoms with Crippen molar-refractivity contribution in [3.05, 3.63) is 106 Å². The highest BCUT2D eigenvalue weighted by Gasteiger charge is 2.30. The van der Waals surface area contributed by atoms with Crippen LogP contribution in [0.3, 0.4) is 0 Å². The van der Waals surface area contributed by atoms with E-state index in [0.717, 1.165) is 22.5 Å². The summed E-state index contributed by atoms with van der Waals surface area (Å²) in [4.78, 5) is 43.0. The standard InChI is InChI=1S/C29H26N6O3/c1-17-12-26(35(2)34-17)29(38)32-22-5-3-4-19(13-22)27(36)20-8-11-23-24(28(37)33-25(23)14-20)16-31-21-9-6-18(15-30)7-10-21/h3-14,16,24H,15,30H2,1-2H3,(H,32,38)(H,33,37). The number of aliphatic imine (C=N–C) groups is 1. The summed E-state index contributed by atoms with van der Waals surface area (Å²) in [5.41, 5.74) is 11.2. The summed E-state index contributed by atoms with van der Waals surface area (Å²) in [6, 6.07) is 21.1. The highest BCUT2D eigenvalue weighted by molar-refractivity contribution is 6.15. The van der Waals surface area contributed by atoms with Gasteiger partial charge in [0.25, 0.3) is 5.91 Å². The average Bonchev–Trinajstić information content (AvgIpc) is 3.43. The number of nitrogens with two attached hydrogens (primary N) is 1. The molecule has 1 aliphatic rings. The maximum atomic E-state index is 13.3. The topological polar surface area (TPSA) is 131 Å². The first kappa shape index (κ1) is 24.8. The maximum absolute atomic E-state index is 13.3. The Morgan fingerprint density at radius 1 is 1.08 bits per heavy atom. The monoisotopic (exact) mass is 506 g/mol. The Labute approximate surface area is 219 Å². The van der Waals surface area contributed by atoms with Gasteiger partial charge in [-0.2, -0.15) is 5.10 Å². The quantitative estimate of drug-likeness (QED) is 0.256. The second-order valence-corrected chi connectivity index (χ2v) is 9.08. The van der Waals surface area contributed by atoms with Crippen molar-refractivity contribution < 1.29 is 14.4 Å². The highest BCUT2D eigenvalue weighted by atomic mass is 16.2. The Morgan fingerprint density at radius 3 is 2.55 bits per heavy atom. The van der Waals surface area contributed by atoms with E-state index in [2.05, 4.69) is 20.7 Å². The molecule has 0 bridgehead atoms. The van der Waals surface area contributed by atoms with Crippen LogP contribution < -0.4 is 16.4 Å². The third kappa shape index (κ3) is 5.00. The van der Waals surface area contributed by atoms with Crippen LogP contribution in [0.4, 0.5) is 17.1 Å². The van der Waals surface area contributed by atoms with Crippen LogP contribution in [0.5, 0.6) is 0 Å². The summed E-state index contributed by atoms with van der Waals surface area (Å²) < 4.78 is 1.51. The number of hydrogen-bond acceptors (Lipinski definition) is 6. The molecule has 9 nitrogen and oxygen atoms in total. The summed E-state index contributed by atoms with van der Waals surface area (Å²) in [5, 5.41) is 9.86. The van der Waals surface area contributed by atoms with E-state index in [9.17, 15) is 14.4 Å². The summed E-state index contributed by atoms with van der Waals surface area (Å²) in [6.45, 7) is 2.26. The summed E-state index contributed by atoms with van der Waals surface area (Å²) in [5.74, 6) is -1.31. The van der Waals surface area contributed by atoms with Gasteiger partial charge in [-0.1, -0.05) is 36.4 Å². The van der Waals surface area contributed by atoms with Crippen LogP contribution in [0.1, 0.15) is 49.1 Å². The molecule has 0 spiro atoms. The highest BCUT2D eigenvalue weighted by Crippen LogP contribution is 2.33. The molecule has 9 heteroatoms. The van der Waals surface area contributed by atoms with Gasteiger partial charge in [-0.15, -0.1) is 0 Å². The number of aromatic nitrogens is 2. The fraction of sp³-hybridized carbons (Fsp3) is 0.138. The minimum Gasteiger partial charge on any atom is -0.326 e. The van der Waals surface area contributed by atoms with Crippen molar-refractivity contribution >= 4 is 40.9 Å². The van der Waals surface area contributed by atoms with Gasteiger partial charge in [0.2, 0.25) is 5.91 Å². The molecule has 0 saturated heterocycles. The van der Waals surface area contributed by atoms with Gasteiger partial charge in [-0.25, -0.2) is 0 Å². The first-order valence-electron chi connectivity index (χ1n) is 12.1. The van der Waals surface area contributed by atoms with Gasteiger partial charge < -0.3 is 16.4 Å². The summed E-state index contributed by atoms with van der Waals surface area (Å²) >= 11 is 0. The molecular weight excluding hydrogens is 480 g/mol. The Balaban J connectivity index is 1.33. The minimum atomic E-state index is -0.558. The van der Waals surface area contributed by atoms with Crippen molar-refractivity contribution in [2.75, 3.05) is 10.6 Å². The summed E-state index contributed by atoms with van der Waals surface area (Å²) in [6.07, 6.45) is 1.61. The van der Waals surface area contributed by atoms with Crippen LogP contribution in [-0.2, 0) is 18.4 Å². The zero-order valence-corrected chi connectivity index (χ0v) is 20.9. The molecule has 2 heterocycles. The molecule has 5 rings (SSSR count). The normalized spacial score (nSPS) is 14.4. The zero-order chi connectivity index (χ0) is 26.8. The lowest BCUT2D eigenvalue weighted by Gasteiger charge is -2.09. The first-order valence-corrected chi connectivity index (χ1v) is 12.1. The maximum Gasteiger partial charge on any atom is 0.273 e. The molecule has 190 valence electrons. The van der Waals surface area contributed by atoms with Crippen molar-refractivity contribution in [3.63, 3.8) is 0 Å². The number of aryl methyl sites for hydroxylation is 2. The van der Waals surface area contributed by atoms with E-state index in [1.54, 1.807) is 61.8 Å². The molecule has 4 aromatic rings. The molecule has 1 unspecified atom stereocenters. The van der Waals surface area contributed by atoms with Gasteiger partial charge in [0.1, 0.15) is 11.6 Å². The lowest BCUT2D eigenvalue weighted by atomic mass is 9.97. The third-order valence-electron chi connectivity index (χ3n) is 6.35. The lowest BCUT2D eigenvalue weighted by molar-refractivity contribution is -0.115. The molecule has 0 saturated carbocycles. The molecule has 2 amide bonds. The van der Waals surface area contributed by atoms with E-state index >= 15 is 0 Å². The average molecular weight is 507 g/mol. The van der Waals surface area contributed by atoms with Gasteiger partial charge in [0.05, 0.1) is 11.4 Å². The van der Waals surface area contributed by atoms with E-state index in [1.165, 1.54) is 4.68 Å². The number of carbonyl (C=O) groups excluding carboxylic acids is 3. The number of nitrogens with zero attached hydrogens (tertiary/aromatic N) is 3. The number of nitrogens with one attached hydrogen (secondary N) is 2. The number of anilines is 2. The van der Waals surface area contributed by atoms with Crippen LogP contribution in [0.2, 0.25) is 0 Å². The molecule has 1 atom stereocenters. The number of fused-ring (bicyclic) bond motifs is 1. The van der Waals surface area contributed by atoms with E-state index < -0.39 is 5.92 Å². The molecule has 0 radical (unpaired) electrons. The van der Waals surface area contributed by atoms with E-state index in [-0.39, 0.29) is 17.6 Å². The Morgan fingerprint density at radius 2 is 1.84 bits per heavy atom. The van der Waals surface area contributed by atoms with E-state index in [1.807, 2.05) is 31.2 Å². The predicted octanol–water partition coefficient (Wildman–Crippen LogP) is 4.11. The van der Waals surface area contributed by atoms with Crippen molar-refractivity contribution in [2.24, 2.45) is 17.8 Å². The van der Waals surface area contributed by atoms with E-state index in [0.29, 0.717) is 34.7 Å². The van der Waals surface area contributed by atoms with Gasteiger partial charge in [-0.05, 0) is 54.4 Å². The Bertz CT molecular complexity index is 1590. The molecule has 0 fully saturated rings. The number of amides is 2. The van der Waals surface area contributed by atoms with Crippen LogP contribution >= 0.6 is 0 Å². The number of benzene rings is 3. The number of ketones is 1. The Kier molecular flexibility index (Phi) is 6.68. The second-order valence-electron chi connectivity index (χ2n) is 9.08. The number of rotatable bonds is 7. The van der Waals surface area contributed by atoms with E-state index in [4.69, 9.17) is 5.73 Å².